The van der Waals surface area contributed by atoms with Crippen molar-refractivity contribution >= 4 is 35.3 Å². The second-order valence-corrected chi connectivity index (χ2v) is 4.61. The Labute approximate surface area is 125 Å². The Kier molecular flexibility index (Phi) is 4.71. The molecule has 0 bridgehead atoms. The van der Waals surface area contributed by atoms with Gasteiger partial charge in [0.15, 0.2) is 0 Å². The molecule has 0 spiro atoms. The van der Waals surface area contributed by atoms with Gasteiger partial charge in [0.1, 0.15) is 5.82 Å². The van der Waals surface area contributed by atoms with Crippen molar-refractivity contribution in [2.24, 2.45) is 5.10 Å². The highest BCUT2D eigenvalue weighted by Gasteiger charge is 2.09. The monoisotopic (exact) mass is 310 g/mol. The van der Waals surface area contributed by atoms with Crippen LogP contribution >= 0.6 is 23.2 Å². The number of rotatable bonds is 3. The van der Waals surface area contributed by atoms with Crippen LogP contribution in [0.15, 0.2) is 47.6 Å². The quantitative estimate of drug-likeness (QED) is 0.678. The number of carbonyl (C=O) groups excluding carboxylic acids is 1. The lowest BCUT2D eigenvalue weighted by Crippen LogP contribution is -2.18. The van der Waals surface area contributed by atoms with E-state index in [9.17, 15) is 9.18 Å². The molecule has 0 aliphatic carbocycles. The van der Waals surface area contributed by atoms with Gasteiger partial charge in [-0.3, -0.25) is 4.79 Å². The summed E-state index contributed by atoms with van der Waals surface area (Å²) in [7, 11) is 0. The fraction of sp³-hybridized carbons (Fsp3) is 0. The molecule has 0 heterocycles. The Bertz CT molecular complexity index is 674. The van der Waals surface area contributed by atoms with E-state index in [0.717, 1.165) is 0 Å². The lowest BCUT2D eigenvalue weighted by atomic mass is 10.2. The number of benzene rings is 2. The van der Waals surface area contributed by atoms with Crippen LogP contribution in [-0.4, -0.2) is 12.1 Å². The largest absolute Gasteiger partial charge is 0.274 e. The fourth-order valence-corrected chi connectivity index (χ4v) is 1.84. The topological polar surface area (TPSA) is 41.5 Å². The molecule has 0 saturated carbocycles. The molecule has 0 aliphatic heterocycles. The van der Waals surface area contributed by atoms with Crippen LogP contribution in [0.2, 0.25) is 10.0 Å². The van der Waals surface area contributed by atoms with Crippen LogP contribution in [0.25, 0.3) is 0 Å². The molecule has 3 nitrogen and oxygen atoms in total. The number of halogens is 3. The van der Waals surface area contributed by atoms with Crippen molar-refractivity contribution in [2.75, 3.05) is 0 Å². The predicted molar refractivity (Wildman–Crippen MR) is 77.9 cm³/mol. The van der Waals surface area contributed by atoms with E-state index in [4.69, 9.17) is 23.2 Å². The minimum absolute atomic E-state index is 0.0816. The summed E-state index contributed by atoms with van der Waals surface area (Å²) in [6.45, 7) is 0. The molecule has 6 heteroatoms. The van der Waals surface area contributed by atoms with Crippen molar-refractivity contribution in [2.45, 2.75) is 0 Å². The molecular formula is C14H9Cl2FN2O. The Morgan fingerprint density at radius 1 is 1.15 bits per heavy atom. The van der Waals surface area contributed by atoms with Gasteiger partial charge >= 0.3 is 0 Å². The summed E-state index contributed by atoms with van der Waals surface area (Å²) in [5.41, 5.74) is 2.69. The molecule has 2 rings (SSSR count). The van der Waals surface area contributed by atoms with E-state index in [1.165, 1.54) is 24.4 Å². The Morgan fingerprint density at radius 3 is 2.65 bits per heavy atom. The molecule has 0 fully saturated rings. The van der Waals surface area contributed by atoms with Gasteiger partial charge in [-0.05, 0) is 18.2 Å². The van der Waals surface area contributed by atoms with Crippen molar-refractivity contribution in [3.8, 4) is 0 Å². The average Bonchev–Trinajstić information content (AvgIpc) is 2.44. The molecule has 0 aliphatic rings. The predicted octanol–water partition coefficient (Wildman–Crippen LogP) is 3.90. The summed E-state index contributed by atoms with van der Waals surface area (Å²) in [6.07, 6.45) is 1.34. The van der Waals surface area contributed by atoms with Gasteiger partial charge in [0.2, 0.25) is 0 Å². The zero-order valence-electron chi connectivity index (χ0n) is 10.1. The molecular weight excluding hydrogens is 302 g/mol. The summed E-state index contributed by atoms with van der Waals surface area (Å²) in [4.78, 5) is 11.7. The van der Waals surface area contributed by atoms with Gasteiger partial charge in [0.25, 0.3) is 5.91 Å². The van der Waals surface area contributed by atoms with Crippen LogP contribution in [0.1, 0.15) is 15.9 Å². The summed E-state index contributed by atoms with van der Waals surface area (Å²) in [5.74, 6) is -1.25. The highest BCUT2D eigenvalue weighted by molar-refractivity contribution is 6.43. The van der Waals surface area contributed by atoms with Crippen LogP contribution in [0.4, 0.5) is 4.39 Å². The van der Waals surface area contributed by atoms with E-state index < -0.39 is 11.7 Å². The first kappa shape index (κ1) is 14.5. The molecule has 2 aromatic carbocycles. The molecule has 0 saturated heterocycles. The minimum atomic E-state index is -0.641. The Morgan fingerprint density at radius 2 is 1.90 bits per heavy atom. The van der Waals surface area contributed by atoms with Gasteiger partial charge < -0.3 is 0 Å². The van der Waals surface area contributed by atoms with Crippen molar-refractivity contribution in [1.29, 1.82) is 0 Å². The van der Waals surface area contributed by atoms with E-state index in [2.05, 4.69) is 10.5 Å². The normalized spacial score (nSPS) is 10.8. The van der Waals surface area contributed by atoms with Gasteiger partial charge in [0, 0.05) is 5.56 Å². The first-order chi connectivity index (χ1) is 9.59. The number of hydrogen-bond donors (Lipinski definition) is 1. The number of nitrogens with zero attached hydrogens (tertiary/aromatic N) is 1. The zero-order chi connectivity index (χ0) is 14.5. The van der Waals surface area contributed by atoms with E-state index in [-0.39, 0.29) is 5.56 Å². The third-order valence-electron chi connectivity index (χ3n) is 2.47. The van der Waals surface area contributed by atoms with Crippen molar-refractivity contribution < 1.29 is 9.18 Å². The second-order valence-electron chi connectivity index (χ2n) is 3.82. The first-order valence-electron chi connectivity index (χ1n) is 5.61. The fourth-order valence-electron chi connectivity index (χ4n) is 1.49. The number of carbonyl (C=O) groups is 1. The Hall–Kier alpha value is -1.91. The molecule has 0 unspecified atom stereocenters. The van der Waals surface area contributed by atoms with E-state index in [0.29, 0.717) is 15.6 Å². The minimum Gasteiger partial charge on any atom is -0.267 e. The molecule has 2 aromatic rings. The third kappa shape index (κ3) is 3.35. The van der Waals surface area contributed by atoms with E-state index in [1.807, 2.05) is 0 Å². The van der Waals surface area contributed by atoms with Crippen molar-refractivity contribution in [1.82, 2.24) is 5.43 Å². The summed E-state index contributed by atoms with van der Waals surface area (Å²) in [6, 6.07) is 10.7. The molecule has 102 valence electrons. The number of hydrogen-bond acceptors (Lipinski definition) is 2. The zero-order valence-corrected chi connectivity index (χ0v) is 11.6. The maximum atomic E-state index is 13.4. The average molecular weight is 311 g/mol. The van der Waals surface area contributed by atoms with Crippen LogP contribution in [-0.2, 0) is 0 Å². The smallest absolute Gasteiger partial charge is 0.267 e. The lowest BCUT2D eigenvalue weighted by Gasteiger charge is -2.02. The molecule has 20 heavy (non-hydrogen) atoms. The molecule has 0 atom stereocenters. The molecule has 0 radical (unpaired) electrons. The van der Waals surface area contributed by atoms with Crippen molar-refractivity contribution in [3.63, 3.8) is 0 Å². The first-order valence-corrected chi connectivity index (χ1v) is 6.37. The highest BCUT2D eigenvalue weighted by Crippen LogP contribution is 2.24. The number of hydrazone groups is 1. The van der Waals surface area contributed by atoms with Crippen LogP contribution in [0.3, 0.4) is 0 Å². The SMILES string of the molecule is O=C(N/N=C/c1cccc(Cl)c1Cl)c1ccccc1F. The van der Waals surface area contributed by atoms with Gasteiger partial charge in [-0.2, -0.15) is 5.10 Å². The van der Waals surface area contributed by atoms with Gasteiger partial charge in [-0.25, -0.2) is 9.82 Å². The van der Waals surface area contributed by atoms with Gasteiger partial charge in [-0.15, -0.1) is 0 Å². The van der Waals surface area contributed by atoms with Gasteiger partial charge in [0.05, 0.1) is 21.8 Å². The maximum Gasteiger partial charge on any atom is 0.274 e. The van der Waals surface area contributed by atoms with Crippen LogP contribution < -0.4 is 5.43 Å². The van der Waals surface area contributed by atoms with E-state index >= 15 is 0 Å². The summed E-state index contributed by atoms with van der Waals surface area (Å²) in [5, 5.41) is 4.44. The van der Waals surface area contributed by atoms with Crippen molar-refractivity contribution in [3.05, 3.63) is 69.5 Å². The van der Waals surface area contributed by atoms with Gasteiger partial charge in [-0.1, -0.05) is 47.5 Å². The Balaban J connectivity index is 2.09. The highest BCUT2D eigenvalue weighted by atomic mass is 35.5. The van der Waals surface area contributed by atoms with Crippen LogP contribution in [0, 0.1) is 5.82 Å². The molecule has 0 aromatic heterocycles. The van der Waals surface area contributed by atoms with E-state index in [1.54, 1.807) is 24.3 Å². The third-order valence-corrected chi connectivity index (χ3v) is 3.30. The molecule has 1 N–H and O–H groups in total. The van der Waals surface area contributed by atoms with Crippen LogP contribution in [0.5, 0.6) is 0 Å². The number of amides is 1. The summed E-state index contributed by atoms with van der Waals surface area (Å²) >= 11 is 11.8. The molecule has 1 amide bonds. The lowest BCUT2D eigenvalue weighted by molar-refractivity contribution is 0.0951. The maximum absolute atomic E-state index is 13.4. The summed E-state index contributed by atoms with van der Waals surface area (Å²) < 4.78 is 13.4. The standard InChI is InChI=1S/C14H9Cl2FN2O/c15-11-6-3-4-9(13(11)16)8-18-19-14(20)10-5-1-2-7-12(10)17/h1-8H,(H,19,20)/b18-8+. The second kappa shape index (κ2) is 6.50. The number of nitrogens with one attached hydrogen (secondary N) is 1.